The van der Waals surface area contributed by atoms with Crippen LogP contribution in [0.25, 0.3) is 0 Å². The molecule has 2 N–H and O–H groups in total. The number of carbonyl (C=O) groups is 1. The molecule has 3 rings (SSSR count). The summed E-state index contributed by atoms with van der Waals surface area (Å²) in [7, 11) is 1.62. The van der Waals surface area contributed by atoms with E-state index in [1.54, 1.807) is 31.4 Å². The van der Waals surface area contributed by atoms with Crippen molar-refractivity contribution in [2.24, 2.45) is 5.92 Å². The molecule has 190 valence electrons. The Kier molecular flexibility index (Phi) is 10.6. The number of amides is 1. The van der Waals surface area contributed by atoms with Crippen LogP contribution in [0.2, 0.25) is 0 Å². The van der Waals surface area contributed by atoms with Gasteiger partial charge in [0.15, 0.2) is 16.6 Å². The van der Waals surface area contributed by atoms with Gasteiger partial charge >= 0.3 is 0 Å². The van der Waals surface area contributed by atoms with Gasteiger partial charge in [0.25, 0.3) is 5.91 Å². The van der Waals surface area contributed by atoms with Crippen LogP contribution in [-0.2, 0) is 13.0 Å². The second-order valence-electron chi connectivity index (χ2n) is 8.76. The molecular weight excluding hydrogens is 472 g/mol. The number of nitrogens with one attached hydrogen (secondary N) is 2. The fourth-order valence-electron chi connectivity index (χ4n) is 3.38. The van der Waals surface area contributed by atoms with Crippen molar-refractivity contribution in [3.05, 3.63) is 89.5 Å². The summed E-state index contributed by atoms with van der Waals surface area (Å²) >= 11 is 5.30. The first kappa shape index (κ1) is 27.0. The van der Waals surface area contributed by atoms with Crippen molar-refractivity contribution in [1.29, 1.82) is 0 Å². The topological polar surface area (TPSA) is 68.8 Å². The zero-order valence-electron chi connectivity index (χ0n) is 21.1. The number of hydrogen-bond donors (Lipinski definition) is 2. The molecule has 1 amide bonds. The second kappa shape index (κ2) is 14.1. The first-order valence-electron chi connectivity index (χ1n) is 12.1. The Morgan fingerprint density at radius 2 is 1.64 bits per heavy atom. The molecular formula is C29H34N2O4S. The standard InChI is InChI=1S/C29H34N2O4S/c1-21(2)15-17-35-26-14-9-23(19-27(26)33-3)20-30-29(36)31-28(32)24-10-12-25(13-11-24)34-18-16-22-7-5-4-6-8-22/h4-14,19,21H,15-18,20H2,1-3H3,(H2,30,31,32,36). The molecule has 0 saturated heterocycles. The molecule has 0 unspecified atom stereocenters. The lowest BCUT2D eigenvalue weighted by Gasteiger charge is -2.14. The molecule has 0 atom stereocenters. The monoisotopic (exact) mass is 506 g/mol. The van der Waals surface area contributed by atoms with Crippen LogP contribution in [-0.4, -0.2) is 31.3 Å². The SMILES string of the molecule is COc1cc(CNC(=S)NC(=O)c2ccc(OCCc3ccccc3)cc2)ccc1OCCC(C)C. The highest BCUT2D eigenvalue weighted by Gasteiger charge is 2.10. The zero-order valence-corrected chi connectivity index (χ0v) is 21.9. The number of hydrogen-bond acceptors (Lipinski definition) is 5. The maximum Gasteiger partial charge on any atom is 0.257 e. The van der Waals surface area contributed by atoms with Crippen molar-refractivity contribution in [2.45, 2.75) is 33.2 Å². The van der Waals surface area contributed by atoms with E-state index in [1.165, 1.54) is 5.56 Å². The zero-order chi connectivity index (χ0) is 25.8. The Morgan fingerprint density at radius 1 is 0.889 bits per heavy atom. The molecule has 0 radical (unpaired) electrons. The third-order valence-electron chi connectivity index (χ3n) is 5.48. The summed E-state index contributed by atoms with van der Waals surface area (Å²) in [5.41, 5.74) is 2.68. The van der Waals surface area contributed by atoms with E-state index in [9.17, 15) is 4.79 Å². The number of ether oxygens (including phenoxy) is 3. The van der Waals surface area contributed by atoms with E-state index in [2.05, 4.69) is 36.6 Å². The van der Waals surface area contributed by atoms with Crippen molar-refractivity contribution in [1.82, 2.24) is 10.6 Å². The minimum atomic E-state index is -0.283. The Labute approximate surface area is 219 Å². The summed E-state index contributed by atoms with van der Waals surface area (Å²) in [5, 5.41) is 6.02. The Hall–Kier alpha value is -3.58. The average Bonchev–Trinajstić information content (AvgIpc) is 2.88. The predicted octanol–water partition coefficient (Wildman–Crippen LogP) is 5.55. The lowest BCUT2D eigenvalue weighted by Crippen LogP contribution is -2.38. The van der Waals surface area contributed by atoms with Gasteiger partial charge in [-0.2, -0.15) is 0 Å². The van der Waals surface area contributed by atoms with Crippen molar-refractivity contribution in [3.8, 4) is 17.2 Å². The highest BCUT2D eigenvalue weighted by atomic mass is 32.1. The number of methoxy groups -OCH3 is 1. The van der Waals surface area contributed by atoms with Crippen molar-refractivity contribution >= 4 is 23.2 Å². The molecule has 0 spiro atoms. The molecule has 0 fully saturated rings. The fraction of sp³-hybridized carbons (Fsp3) is 0.310. The van der Waals surface area contributed by atoms with Gasteiger partial charge in [0.05, 0.1) is 20.3 Å². The van der Waals surface area contributed by atoms with Crippen LogP contribution < -0.4 is 24.8 Å². The third kappa shape index (κ3) is 8.89. The molecule has 0 aliphatic carbocycles. The van der Waals surface area contributed by atoms with Gasteiger partial charge in [-0.1, -0.05) is 50.2 Å². The van der Waals surface area contributed by atoms with Gasteiger partial charge in [-0.25, -0.2) is 0 Å². The summed E-state index contributed by atoms with van der Waals surface area (Å²) in [4.78, 5) is 12.6. The van der Waals surface area contributed by atoms with Crippen LogP contribution in [0.3, 0.4) is 0 Å². The smallest absolute Gasteiger partial charge is 0.257 e. The molecule has 0 saturated carbocycles. The van der Waals surface area contributed by atoms with Crippen molar-refractivity contribution in [2.75, 3.05) is 20.3 Å². The van der Waals surface area contributed by atoms with Gasteiger partial charge in [-0.05, 0) is 72.1 Å². The lowest BCUT2D eigenvalue weighted by atomic mass is 10.1. The van der Waals surface area contributed by atoms with E-state index < -0.39 is 0 Å². The minimum Gasteiger partial charge on any atom is -0.493 e. The molecule has 7 heteroatoms. The first-order chi connectivity index (χ1) is 17.4. The van der Waals surface area contributed by atoms with E-state index in [0.717, 1.165) is 18.4 Å². The minimum absolute atomic E-state index is 0.249. The van der Waals surface area contributed by atoms with E-state index >= 15 is 0 Å². The molecule has 6 nitrogen and oxygen atoms in total. The van der Waals surface area contributed by atoms with Crippen LogP contribution in [0.1, 0.15) is 41.8 Å². The maximum atomic E-state index is 12.6. The quantitative estimate of drug-likeness (QED) is 0.314. The van der Waals surface area contributed by atoms with Crippen LogP contribution >= 0.6 is 12.2 Å². The van der Waals surface area contributed by atoms with Gasteiger partial charge in [0.2, 0.25) is 0 Å². The molecule has 3 aromatic carbocycles. The summed E-state index contributed by atoms with van der Waals surface area (Å²) in [5.74, 6) is 2.39. The van der Waals surface area contributed by atoms with Crippen LogP contribution in [0.4, 0.5) is 0 Å². The molecule has 0 aromatic heterocycles. The lowest BCUT2D eigenvalue weighted by molar-refractivity contribution is 0.0976. The molecule has 3 aromatic rings. The van der Waals surface area contributed by atoms with E-state index in [-0.39, 0.29) is 11.0 Å². The normalized spacial score (nSPS) is 10.6. The van der Waals surface area contributed by atoms with Gasteiger partial charge in [-0.15, -0.1) is 0 Å². The molecule has 0 heterocycles. The molecule has 0 aliphatic heterocycles. The summed E-state index contributed by atoms with van der Waals surface area (Å²) in [6, 6.07) is 22.9. The van der Waals surface area contributed by atoms with E-state index in [1.807, 2.05) is 36.4 Å². The molecule has 0 aliphatic rings. The maximum absolute atomic E-state index is 12.6. The van der Waals surface area contributed by atoms with Crippen LogP contribution in [0.5, 0.6) is 17.2 Å². The highest BCUT2D eigenvalue weighted by Crippen LogP contribution is 2.28. The number of rotatable bonds is 12. The van der Waals surface area contributed by atoms with E-state index in [4.69, 9.17) is 26.4 Å². The fourth-order valence-corrected chi connectivity index (χ4v) is 3.55. The van der Waals surface area contributed by atoms with Gasteiger partial charge < -0.3 is 19.5 Å². The first-order valence-corrected chi connectivity index (χ1v) is 12.5. The summed E-state index contributed by atoms with van der Waals surface area (Å²) < 4.78 is 17.1. The Balaban J connectivity index is 1.43. The summed E-state index contributed by atoms with van der Waals surface area (Å²) in [6.45, 7) is 5.97. The van der Waals surface area contributed by atoms with Gasteiger partial charge in [0, 0.05) is 18.5 Å². The van der Waals surface area contributed by atoms with Crippen molar-refractivity contribution in [3.63, 3.8) is 0 Å². The molecule has 0 bridgehead atoms. The number of thiocarbonyl (C=S) groups is 1. The number of carbonyl (C=O) groups excluding carboxylic acids is 1. The van der Waals surface area contributed by atoms with Crippen LogP contribution in [0, 0.1) is 5.92 Å². The third-order valence-corrected chi connectivity index (χ3v) is 5.73. The predicted molar refractivity (Wildman–Crippen MR) is 147 cm³/mol. The van der Waals surface area contributed by atoms with Gasteiger partial charge in [-0.3, -0.25) is 10.1 Å². The number of benzene rings is 3. The largest absolute Gasteiger partial charge is 0.493 e. The summed E-state index contributed by atoms with van der Waals surface area (Å²) in [6.07, 6.45) is 1.80. The second-order valence-corrected chi connectivity index (χ2v) is 9.17. The van der Waals surface area contributed by atoms with Gasteiger partial charge in [0.1, 0.15) is 5.75 Å². The molecule has 36 heavy (non-hydrogen) atoms. The van der Waals surface area contributed by atoms with Crippen LogP contribution in [0.15, 0.2) is 72.8 Å². The highest BCUT2D eigenvalue weighted by molar-refractivity contribution is 7.80. The van der Waals surface area contributed by atoms with Crippen molar-refractivity contribution < 1.29 is 19.0 Å². The Bertz CT molecular complexity index is 1120. The average molecular weight is 507 g/mol. The van der Waals surface area contributed by atoms with E-state index in [0.29, 0.717) is 48.5 Å². The Morgan fingerprint density at radius 3 is 2.33 bits per heavy atom.